The summed E-state index contributed by atoms with van der Waals surface area (Å²) in [5.41, 5.74) is 2.30. The first-order valence-electron chi connectivity index (χ1n) is 13.7. The van der Waals surface area contributed by atoms with E-state index in [0.717, 1.165) is 0 Å². The van der Waals surface area contributed by atoms with Gasteiger partial charge in [0.1, 0.15) is 12.2 Å². The lowest BCUT2D eigenvalue weighted by molar-refractivity contribution is 0.0743. The standard InChI is InChI=1S/2C14H12O2.C6H10O.C4H6O/c2*15-13(11-7-3-1-4-8-11)14(16)12-9-5-2-6-10-12;1-3-5-7-6-4-2;1-3-5-4-2/h2*1-10,13,15H;3-4H,1-2,5-6H2;3-4H,1-2H2. The Bertz CT molecular complexity index is 1260. The molecule has 0 aromatic heterocycles. The Hall–Kier alpha value is -5.14. The fourth-order valence-corrected chi connectivity index (χ4v) is 3.40. The molecule has 0 fully saturated rings. The lowest BCUT2D eigenvalue weighted by Gasteiger charge is -2.09. The minimum atomic E-state index is -1.08. The Morgan fingerprint density at radius 2 is 0.841 bits per heavy atom. The van der Waals surface area contributed by atoms with E-state index in [-0.39, 0.29) is 11.6 Å². The minimum absolute atomic E-state index is 0.271. The van der Waals surface area contributed by atoms with E-state index in [4.69, 9.17) is 4.74 Å². The third-order valence-electron chi connectivity index (χ3n) is 5.51. The van der Waals surface area contributed by atoms with Crippen LogP contribution in [0.3, 0.4) is 0 Å². The number of Topliss-reactive ketones (excluding diaryl/α,β-unsaturated/α-hetero) is 2. The van der Waals surface area contributed by atoms with Gasteiger partial charge in [0.25, 0.3) is 0 Å². The summed E-state index contributed by atoms with van der Waals surface area (Å²) < 4.78 is 9.26. The fourth-order valence-electron chi connectivity index (χ4n) is 3.40. The van der Waals surface area contributed by atoms with Gasteiger partial charge in [-0.15, -0.1) is 13.2 Å². The van der Waals surface area contributed by atoms with E-state index >= 15 is 0 Å². The van der Waals surface area contributed by atoms with E-state index < -0.39 is 12.2 Å². The number of benzene rings is 4. The zero-order valence-corrected chi connectivity index (χ0v) is 24.8. The van der Waals surface area contributed by atoms with Gasteiger partial charge < -0.3 is 19.7 Å². The number of carbonyl (C=O) groups excluding carboxylic acids is 2. The lowest BCUT2D eigenvalue weighted by atomic mass is 10.0. The highest BCUT2D eigenvalue weighted by molar-refractivity contribution is 6.00. The maximum absolute atomic E-state index is 11.9. The molecule has 4 aromatic carbocycles. The van der Waals surface area contributed by atoms with Crippen LogP contribution in [0.4, 0.5) is 0 Å². The van der Waals surface area contributed by atoms with Crippen molar-refractivity contribution in [2.75, 3.05) is 13.2 Å². The summed E-state index contributed by atoms with van der Waals surface area (Å²) in [5.74, 6) is -0.543. The Morgan fingerprint density at radius 1 is 0.545 bits per heavy atom. The van der Waals surface area contributed by atoms with Gasteiger partial charge in [0, 0.05) is 11.1 Å². The summed E-state index contributed by atoms with van der Waals surface area (Å²) in [7, 11) is 0. The van der Waals surface area contributed by atoms with E-state index in [0.29, 0.717) is 35.5 Å². The van der Waals surface area contributed by atoms with Gasteiger partial charge in [-0.3, -0.25) is 9.59 Å². The number of hydrogen-bond donors (Lipinski definition) is 2. The molecule has 2 N–H and O–H groups in total. The summed E-state index contributed by atoms with van der Waals surface area (Å²) in [5, 5.41) is 19.8. The molecular formula is C38H40O6. The number of aliphatic hydroxyl groups excluding tert-OH is 2. The smallest absolute Gasteiger partial charge is 0.195 e. The maximum atomic E-state index is 11.9. The quantitative estimate of drug-likeness (QED) is 0.0753. The Balaban J connectivity index is 0.000000325. The van der Waals surface area contributed by atoms with Gasteiger partial charge in [0.15, 0.2) is 11.6 Å². The van der Waals surface area contributed by atoms with Crippen LogP contribution in [-0.4, -0.2) is 35.0 Å². The second-order valence-corrected chi connectivity index (χ2v) is 8.67. The van der Waals surface area contributed by atoms with E-state index in [1.54, 1.807) is 109 Å². The summed E-state index contributed by atoms with van der Waals surface area (Å²) in [6.45, 7) is 14.7. The number of carbonyl (C=O) groups is 2. The zero-order valence-electron chi connectivity index (χ0n) is 24.8. The summed E-state index contributed by atoms with van der Waals surface area (Å²) >= 11 is 0. The molecule has 44 heavy (non-hydrogen) atoms. The molecule has 0 aliphatic rings. The molecule has 0 bridgehead atoms. The largest absolute Gasteiger partial charge is 0.474 e. The van der Waals surface area contributed by atoms with Gasteiger partial charge in [-0.25, -0.2) is 0 Å². The van der Waals surface area contributed by atoms with Crippen molar-refractivity contribution < 1.29 is 29.3 Å². The van der Waals surface area contributed by atoms with Crippen molar-refractivity contribution in [1.82, 2.24) is 0 Å². The molecule has 0 amide bonds. The van der Waals surface area contributed by atoms with Gasteiger partial charge in [0.05, 0.1) is 25.7 Å². The van der Waals surface area contributed by atoms with Crippen LogP contribution < -0.4 is 0 Å². The first kappa shape index (κ1) is 36.9. The molecule has 0 saturated carbocycles. The summed E-state index contributed by atoms with van der Waals surface area (Å²) in [4.78, 5) is 23.8. The number of hydrogen-bond acceptors (Lipinski definition) is 6. The lowest BCUT2D eigenvalue weighted by Crippen LogP contribution is -2.11. The molecule has 6 heteroatoms. The zero-order chi connectivity index (χ0) is 32.4. The fraction of sp³-hybridized carbons (Fsp3) is 0.105. The highest BCUT2D eigenvalue weighted by atomic mass is 16.5. The third kappa shape index (κ3) is 14.7. The van der Waals surface area contributed by atoms with Crippen molar-refractivity contribution in [1.29, 1.82) is 0 Å². The van der Waals surface area contributed by atoms with Crippen molar-refractivity contribution in [3.63, 3.8) is 0 Å². The molecule has 2 atom stereocenters. The average Bonchev–Trinajstić information content (AvgIpc) is 3.10. The van der Waals surface area contributed by atoms with Crippen LogP contribution in [-0.2, 0) is 9.47 Å². The molecule has 2 unspecified atom stereocenters. The molecule has 0 heterocycles. The third-order valence-corrected chi connectivity index (χ3v) is 5.51. The van der Waals surface area contributed by atoms with Crippen molar-refractivity contribution in [3.05, 3.63) is 195 Å². The number of rotatable bonds is 12. The van der Waals surface area contributed by atoms with Crippen LogP contribution in [0.15, 0.2) is 172 Å². The van der Waals surface area contributed by atoms with Gasteiger partial charge in [-0.1, -0.05) is 147 Å². The van der Waals surface area contributed by atoms with Crippen LogP contribution in [0.2, 0.25) is 0 Å². The molecular weight excluding hydrogens is 552 g/mol. The summed E-state index contributed by atoms with van der Waals surface area (Å²) in [6, 6.07) is 35.5. The van der Waals surface area contributed by atoms with Crippen molar-refractivity contribution in [3.8, 4) is 0 Å². The topological polar surface area (TPSA) is 93.1 Å². The van der Waals surface area contributed by atoms with Crippen LogP contribution in [0.25, 0.3) is 0 Å². The maximum Gasteiger partial charge on any atom is 0.195 e. The molecule has 228 valence electrons. The van der Waals surface area contributed by atoms with E-state index in [2.05, 4.69) is 31.1 Å². The molecule has 6 nitrogen and oxygen atoms in total. The minimum Gasteiger partial charge on any atom is -0.474 e. The predicted molar refractivity (Wildman–Crippen MR) is 177 cm³/mol. The van der Waals surface area contributed by atoms with Gasteiger partial charge in [0.2, 0.25) is 0 Å². The Kier molecular flexibility index (Phi) is 19.6. The second kappa shape index (κ2) is 23.4. The number of aliphatic hydroxyl groups is 2. The normalized spacial score (nSPS) is 10.7. The van der Waals surface area contributed by atoms with Gasteiger partial charge in [-0.05, 0) is 11.1 Å². The molecule has 0 aliphatic carbocycles. The Labute approximate surface area is 260 Å². The van der Waals surface area contributed by atoms with Crippen LogP contribution in [0.1, 0.15) is 44.1 Å². The highest BCUT2D eigenvalue weighted by Gasteiger charge is 2.19. The SMILES string of the molecule is C=CCOCC=C.C=COC=C.O=C(c1ccccc1)C(O)c1ccccc1.O=C(c1ccccc1)C(O)c1ccccc1. The molecule has 4 rings (SSSR count). The van der Waals surface area contributed by atoms with Crippen molar-refractivity contribution in [2.45, 2.75) is 12.2 Å². The predicted octanol–water partition coefficient (Wildman–Crippen LogP) is 7.87. The second-order valence-electron chi connectivity index (χ2n) is 8.67. The molecule has 0 spiro atoms. The number of ketones is 2. The first-order valence-corrected chi connectivity index (χ1v) is 13.7. The Morgan fingerprint density at radius 3 is 1.09 bits per heavy atom. The molecule has 0 aliphatic heterocycles. The molecule has 0 saturated heterocycles. The van der Waals surface area contributed by atoms with Gasteiger partial charge in [-0.2, -0.15) is 0 Å². The van der Waals surface area contributed by atoms with Crippen molar-refractivity contribution in [2.24, 2.45) is 0 Å². The molecule has 4 aromatic rings. The van der Waals surface area contributed by atoms with Crippen molar-refractivity contribution >= 4 is 11.6 Å². The highest BCUT2D eigenvalue weighted by Crippen LogP contribution is 2.18. The number of ether oxygens (including phenoxy) is 2. The molecule has 0 radical (unpaired) electrons. The van der Waals surface area contributed by atoms with Crippen LogP contribution in [0, 0.1) is 0 Å². The monoisotopic (exact) mass is 592 g/mol. The first-order chi connectivity index (χ1) is 21.4. The van der Waals surface area contributed by atoms with Crippen LogP contribution in [0.5, 0.6) is 0 Å². The van der Waals surface area contributed by atoms with E-state index in [1.165, 1.54) is 12.5 Å². The van der Waals surface area contributed by atoms with E-state index in [9.17, 15) is 19.8 Å². The van der Waals surface area contributed by atoms with E-state index in [1.807, 2.05) is 24.3 Å². The average molecular weight is 593 g/mol. The van der Waals surface area contributed by atoms with Gasteiger partial charge >= 0.3 is 0 Å². The van der Waals surface area contributed by atoms with Crippen LogP contribution >= 0.6 is 0 Å². The summed E-state index contributed by atoms with van der Waals surface area (Å²) in [6.07, 6.45) is 3.89.